The Hall–Kier alpha value is -2.64. The van der Waals surface area contributed by atoms with Gasteiger partial charge in [-0.15, -0.1) is 0 Å². The number of nitrogens with zero attached hydrogens (tertiary/aromatic N) is 1. The minimum Gasteiger partial charge on any atom is -0.465 e. The first kappa shape index (κ1) is 16.4. The summed E-state index contributed by atoms with van der Waals surface area (Å²) < 4.78 is 4.66. The second-order valence-electron chi connectivity index (χ2n) is 4.16. The summed E-state index contributed by atoms with van der Waals surface area (Å²) in [7, 11) is 0. The summed E-state index contributed by atoms with van der Waals surface area (Å²) in [5.74, 6) is -0.529. The second-order valence-corrected chi connectivity index (χ2v) is 4.16. The van der Waals surface area contributed by atoms with Crippen molar-refractivity contribution in [3.8, 4) is 0 Å². The Morgan fingerprint density at radius 2 is 2.05 bits per heavy atom. The molecule has 1 aromatic carbocycles. The van der Waals surface area contributed by atoms with E-state index in [-0.39, 0.29) is 25.4 Å². The van der Waals surface area contributed by atoms with E-state index in [4.69, 9.17) is 0 Å². The lowest BCUT2D eigenvalue weighted by atomic mass is 10.1. The van der Waals surface area contributed by atoms with E-state index in [1.165, 1.54) is 6.07 Å². The third-order valence-corrected chi connectivity index (χ3v) is 2.75. The van der Waals surface area contributed by atoms with Crippen LogP contribution < -0.4 is 10.6 Å². The van der Waals surface area contributed by atoms with Crippen LogP contribution in [-0.4, -0.2) is 30.1 Å². The molecule has 0 fully saturated rings. The van der Waals surface area contributed by atoms with Gasteiger partial charge < -0.3 is 15.4 Å². The summed E-state index contributed by atoms with van der Waals surface area (Å²) in [6, 6.07) is 4.10. The minimum absolute atomic E-state index is 0.00114. The third kappa shape index (κ3) is 5.09. The zero-order valence-electron chi connectivity index (χ0n) is 11.8. The molecule has 0 atom stereocenters. The molecular weight excluding hydrogens is 278 g/mol. The van der Waals surface area contributed by atoms with Gasteiger partial charge in [0, 0.05) is 18.2 Å². The molecule has 8 heteroatoms. The van der Waals surface area contributed by atoms with E-state index in [0.29, 0.717) is 11.1 Å². The number of carbonyl (C=O) groups excluding carboxylic acids is 2. The summed E-state index contributed by atoms with van der Waals surface area (Å²) in [6.07, 6.45) is 0. The molecule has 0 unspecified atom stereocenters. The molecule has 8 nitrogen and oxygen atoms in total. The standard InChI is InChI=1S/C13H17N3O5/c1-3-21-12(17)8-15-13(18)14-7-10-5-4-6-11(9(10)2)16(19)20/h4-6H,3,7-8H2,1-2H3,(H2,14,15,18). The van der Waals surface area contributed by atoms with Crippen LogP contribution in [0.4, 0.5) is 10.5 Å². The van der Waals surface area contributed by atoms with Crippen molar-refractivity contribution < 1.29 is 19.2 Å². The van der Waals surface area contributed by atoms with Crippen LogP contribution in [0.2, 0.25) is 0 Å². The van der Waals surface area contributed by atoms with Crippen LogP contribution in [0.25, 0.3) is 0 Å². The normalized spacial score (nSPS) is 9.81. The molecule has 0 aliphatic heterocycles. The number of ether oxygens (including phenoxy) is 1. The maximum Gasteiger partial charge on any atom is 0.325 e. The van der Waals surface area contributed by atoms with Gasteiger partial charge >= 0.3 is 12.0 Å². The fraction of sp³-hybridized carbons (Fsp3) is 0.385. The summed E-state index contributed by atoms with van der Waals surface area (Å²) in [5, 5.41) is 15.7. The van der Waals surface area contributed by atoms with E-state index in [0.717, 1.165) is 0 Å². The fourth-order valence-corrected chi connectivity index (χ4v) is 1.66. The predicted molar refractivity (Wildman–Crippen MR) is 74.7 cm³/mol. The smallest absolute Gasteiger partial charge is 0.325 e. The van der Waals surface area contributed by atoms with Crippen molar-refractivity contribution in [1.82, 2.24) is 10.6 Å². The highest BCUT2D eigenvalue weighted by atomic mass is 16.6. The Morgan fingerprint density at radius 3 is 2.67 bits per heavy atom. The molecule has 0 aliphatic carbocycles. The second kappa shape index (κ2) is 7.83. The molecule has 21 heavy (non-hydrogen) atoms. The highest BCUT2D eigenvalue weighted by molar-refractivity contribution is 5.80. The molecule has 0 aromatic heterocycles. The molecule has 1 aromatic rings. The van der Waals surface area contributed by atoms with E-state index < -0.39 is 16.9 Å². The van der Waals surface area contributed by atoms with E-state index >= 15 is 0 Å². The molecule has 2 amide bonds. The van der Waals surface area contributed by atoms with Gasteiger partial charge in [-0.1, -0.05) is 12.1 Å². The number of hydrogen-bond acceptors (Lipinski definition) is 5. The van der Waals surface area contributed by atoms with Crippen LogP contribution in [0.3, 0.4) is 0 Å². The number of esters is 1. The summed E-state index contributed by atoms with van der Waals surface area (Å²) in [4.78, 5) is 32.9. The topological polar surface area (TPSA) is 111 Å². The van der Waals surface area contributed by atoms with Gasteiger partial charge in [-0.2, -0.15) is 0 Å². The molecule has 0 radical (unpaired) electrons. The van der Waals surface area contributed by atoms with Gasteiger partial charge in [0.2, 0.25) is 0 Å². The van der Waals surface area contributed by atoms with Crippen molar-refractivity contribution >= 4 is 17.7 Å². The van der Waals surface area contributed by atoms with E-state index in [2.05, 4.69) is 15.4 Å². The summed E-state index contributed by atoms with van der Waals surface area (Å²) in [6.45, 7) is 3.43. The highest BCUT2D eigenvalue weighted by Gasteiger charge is 2.13. The summed E-state index contributed by atoms with van der Waals surface area (Å²) in [5.41, 5.74) is 1.13. The third-order valence-electron chi connectivity index (χ3n) is 2.75. The molecule has 2 N–H and O–H groups in total. The van der Waals surface area contributed by atoms with Crippen LogP contribution in [0.15, 0.2) is 18.2 Å². The van der Waals surface area contributed by atoms with Crippen LogP contribution in [0.1, 0.15) is 18.1 Å². The molecule has 0 heterocycles. The number of rotatable bonds is 6. The van der Waals surface area contributed by atoms with Crippen LogP contribution in [-0.2, 0) is 16.1 Å². The van der Waals surface area contributed by atoms with Gasteiger partial charge in [0.15, 0.2) is 0 Å². The van der Waals surface area contributed by atoms with E-state index in [9.17, 15) is 19.7 Å². The van der Waals surface area contributed by atoms with Gasteiger partial charge in [-0.25, -0.2) is 4.79 Å². The Kier molecular flexibility index (Phi) is 6.12. The maximum atomic E-state index is 11.5. The zero-order valence-corrected chi connectivity index (χ0v) is 11.8. The molecule has 0 bridgehead atoms. The van der Waals surface area contributed by atoms with Gasteiger partial charge in [0.05, 0.1) is 11.5 Å². The number of benzene rings is 1. The number of nitro groups is 1. The average Bonchev–Trinajstić information content (AvgIpc) is 2.44. The van der Waals surface area contributed by atoms with Crippen molar-refractivity contribution in [2.75, 3.05) is 13.2 Å². The Bertz CT molecular complexity index is 545. The van der Waals surface area contributed by atoms with Crippen LogP contribution >= 0.6 is 0 Å². The molecule has 1 rings (SSSR count). The quantitative estimate of drug-likeness (QED) is 0.466. The zero-order chi connectivity index (χ0) is 15.8. The first-order valence-corrected chi connectivity index (χ1v) is 6.36. The van der Waals surface area contributed by atoms with Gasteiger partial charge in [0.1, 0.15) is 6.54 Å². The molecule has 0 saturated carbocycles. The van der Waals surface area contributed by atoms with Crippen molar-refractivity contribution in [2.24, 2.45) is 0 Å². The Balaban J connectivity index is 2.52. The van der Waals surface area contributed by atoms with Crippen molar-refractivity contribution in [3.63, 3.8) is 0 Å². The van der Waals surface area contributed by atoms with Gasteiger partial charge in [-0.3, -0.25) is 14.9 Å². The predicted octanol–water partition coefficient (Wildman–Crippen LogP) is 1.27. The Labute approximate surface area is 121 Å². The van der Waals surface area contributed by atoms with E-state index in [1.54, 1.807) is 26.0 Å². The number of nitro benzene ring substituents is 1. The lowest BCUT2D eigenvalue weighted by molar-refractivity contribution is -0.385. The van der Waals surface area contributed by atoms with Crippen LogP contribution in [0.5, 0.6) is 0 Å². The number of nitrogens with one attached hydrogen (secondary N) is 2. The van der Waals surface area contributed by atoms with E-state index in [1.807, 2.05) is 0 Å². The molecule has 0 saturated heterocycles. The number of amides is 2. The largest absolute Gasteiger partial charge is 0.465 e. The van der Waals surface area contributed by atoms with Crippen molar-refractivity contribution in [2.45, 2.75) is 20.4 Å². The van der Waals surface area contributed by atoms with Crippen LogP contribution in [0, 0.1) is 17.0 Å². The van der Waals surface area contributed by atoms with Crippen molar-refractivity contribution in [3.05, 3.63) is 39.4 Å². The SMILES string of the molecule is CCOC(=O)CNC(=O)NCc1cccc([N+](=O)[O-])c1C. The van der Waals surface area contributed by atoms with Gasteiger partial charge in [0.25, 0.3) is 5.69 Å². The first-order chi connectivity index (χ1) is 9.95. The molecular formula is C13H17N3O5. The Morgan fingerprint density at radius 1 is 1.33 bits per heavy atom. The average molecular weight is 295 g/mol. The fourth-order valence-electron chi connectivity index (χ4n) is 1.66. The minimum atomic E-state index is -0.547. The molecule has 114 valence electrons. The molecule has 0 aliphatic rings. The lowest BCUT2D eigenvalue weighted by Gasteiger charge is -2.09. The number of carbonyl (C=O) groups is 2. The number of hydrogen-bond donors (Lipinski definition) is 2. The highest BCUT2D eigenvalue weighted by Crippen LogP contribution is 2.20. The number of urea groups is 1. The monoisotopic (exact) mass is 295 g/mol. The first-order valence-electron chi connectivity index (χ1n) is 6.36. The maximum absolute atomic E-state index is 11.5. The molecule has 0 spiro atoms. The van der Waals surface area contributed by atoms with Crippen molar-refractivity contribution in [1.29, 1.82) is 0 Å². The van der Waals surface area contributed by atoms with Gasteiger partial charge in [-0.05, 0) is 19.4 Å². The lowest BCUT2D eigenvalue weighted by Crippen LogP contribution is -2.38. The summed E-state index contributed by atoms with van der Waals surface area (Å²) >= 11 is 0.